The van der Waals surface area contributed by atoms with Crippen LogP contribution in [0.4, 0.5) is 0 Å². The maximum absolute atomic E-state index is 9.58. The van der Waals surface area contributed by atoms with Gasteiger partial charge in [-0.2, -0.15) is 5.10 Å². The normalized spacial score (nSPS) is 14.4. The van der Waals surface area contributed by atoms with Crippen LogP contribution in [0.3, 0.4) is 0 Å². The van der Waals surface area contributed by atoms with Crippen molar-refractivity contribution < 1.29 is 9.52 Å². The highest BCUT2D eigenvalue weighted by Gasteiger charge is 2.19. The van der Waals surface area contributed by atoms with E-state index in [4.69, 9.17) is 4.42 Å². The number of aromatic nitrogens is 3. The lowest BCUT2D eigenvalue weighted by atomic mass is 10.1. The average molecular weight is 300 g/mol. The van der Waals surface area contributed by atoms with Gasteiger partial charge in [-0.15, -0.1) is 0 Å². The van der Waals surface area contributed by atoms with Crippen molar-refractivity contribution in [2.75, 3.05) is 6.61 Å². The molecule has 2 N–H and O–H groups in total. The van der Waals surface area contributed by atoms with Gasteiger partial charge in [0.05, 0.1) is 24.6 Å². The second kappa shape index (κ2) is 5.90. The van der Waals surface area contributed by atoms with Gasteiger partial charge in [0.1, 0.15) is 5.76 Å². The molecule has 6 heteroatoms. The van der Waals surface area contributed by atoms with E-state index in [1.54, 1.807) is 6.26 Å². The summed E-state index contributed by atoms with van der Waals surface area (Å²) in [5.74, 6) is 0.718. The smallest absolute Gasteiger partial charge is 0.155 e. The highest BCUT2D eigenvalue weighted by molar-refractivity contribution is 5.42. The van der Waals surface area contributed by atoms with Gasteiger partial charge in [0.2, 0.25) is 0 Å². The van der Waals surface area contributed by atoms with Crippen molar-refractivity contribution in [2.45, 2.75) is 32.9 Å². The zero-order chi connectivity index (χ0) is 15.7. The Morgan fingerprint density at radius 2 is 2.23 bits per heavy atom. The van der Waals surface area contributed by atoms with Gasteiger partial charge in [0.15, 0.2) is 5.65 Å². The lowest BCUT2D eigenvalue weighted by molar-refractivity contribution is 0.217. The maximum atomic E-state index is 9.58. The Morgan fingerprint density at radius 3 is 2.91 bits per heavy atom. The van der Waals surface area contributed by atoms with Crippen molar-refractivity contribution in [3.8, 4) is 0 Å². The fourth-order valence-corrected chi connectivity index (χ4v) is 2.71. The van der Waals surface area contributed by atoms with E-state index in [1.807, 2.05) is 49.7 Å². The monoisotopic (exact) mass is 300 g/mol. The number of rotatable bonds is 5. The number of aliphatic hydroxyl groups is 1. The molecule has 3 aromatic rings. The lowest BCUT2D eigenvalue weighted by Gasteiger charge is -2.21. The first kappa shape index (κ1) is 14.7. The molecule has 0 saturated carbocycles. The Hall–Kier alpha value is -2.18. The van der Waals surface area contributed by atoms with Crippen LogP contribution in [-0.2, 0) is 0 Å². The molecule has 0 spiro atoms. The summed E-state index contributed by atoms with van der Waals surface area (Å²) in [4.78, 5) is 4.45. The maximum Gasteiger partial charge on any atom is 0.155 e. The molecule has 0 fully saturated rings. The number of nitrogens with one attached hydrogen (secondary N) is 1. The third-order valence-corrected chi connectivity index (χ3v) is 3.87. The van der Waals surface area contributed by atoms with Gasteiger partial charge in [0, 0.05) is 29.6 Å². The van der Waals surface area contributed by atoms with Crippen molar-refractivity contribution in [1.29, 1.82) is 0 Å². The van der Waals surface area contributed by atoms with Crippen LogP contribution in [0.15, 0.2) is 35.1 Å². The number of aliphatic hydroxyl groups excluding tert-OH is 1. The first-order chi connectivity index (χ1) is 10.6. The summed E-state index contributed by atoms with van der Waals surface area (Å²) in [7, 11) is 0. The van der Waals surface area contributed by atoms with E-state index in [0.29, 0.717) is 0 Å². The molecule has 3 aromatic heterocycles. The number of fused-ring (bicyclic) bond motifs is 1. The highest BCUT2D eigenvalue weighted by atomic mass is 16.3. The predicted octanol–water partition coefficient (Wildman–Crippen LogP) is 2.32. The van der Waals surface area contributed by atoms with Gasteiger partial charge in [-0.05, 0) is 32.9 Å². The molecule has 0 aliphatic rings. The van der Waals surface area contributed by atoms with E-state index in [1.165, 1.54) is 0 Å². The van der Waals surface area contributed by atoms with Gasteiger partial charge < -0.3 is 9.52 Å². The van der Waals surface area contributed by atoms with Crippen LogP contribution in [0.5, 0.6) is 0 Å². The average Bonchev–Trinajstić information content (AvgIpc) is 3.14. The molecule has 2 atom stereocenters. The van der Waals surface area contributed by atoms with E-state index >= 15 is 0 Å². The number of hydrogen-bond donors (Lipinski definition) is 2. The van der Waals surface area contributed by atoms with Gasteiger partial charge in [-0.25, -0.2) is 9.50 Å². The zero-order valence-corrected chi connectivity index (χ0v) is 12.9. The molecule has 0 aliphatic carbocycles. The van der Waals surface area contributed by atoms with E-state index in [0.717, 1.165) is 28.4 Å². The van der Waals surface area contributed by atoms with E-state index in [9.17, 15) is 5.11 Å². The van der Waals surface area contributed by atoms with E-state index in [-0.39, 0.29) is 18.7 Å². The van der Waals surface area contributed by atoms with Crippen molar-refractivity contribution in [2.24, 2.45) is 0 Å². The molecule has 0 saturated heterocycles. The largest absolute Gasteiger partial charge is 0.468 e. The Morgan fingerprint density at radius 1 is 1.41 bits per heavy atom. The molecule has 0 amide bonds. The fourth-order valence-electron chi connectivity index (χ4n) is 2.71. The summed E-state index contributed by atoms with van der Waals surface area (Å²) < 4.78 is 7.22. The van der Waals surface area contributed by atoms with Crippen molar-refractivity contribution in [3.63, 3.8) is 0 Å². The molecule has 0 radical (unpaired) electrons. The standard InChI is InChI=1S/C16H20N4O2/c1-10-7-16-17-8-13(12(3)20(16)19-10)11(2)18-14(9-21)15-5-4-6-22-15/h4-8,11,14,18,21H,9H2,1-3H3. The Balaban J connectivity index is 1.88. The predicted molar refractivity (Wildman–Crippen MR) is 82.5 cm³/mol. The van der Waals surface area contributed by atoms with Gasteiger partial charge in [-0.1, -0.05) is 0 Å². The third kappa shape index (κ3) is 2.63. The molecular formula is C16H20N4O2. The van der Waals surface area contributed by atoms with Crippen LogP contribution in [-0.4, -0.2) is 26.3 Å². The van der Waals surface area contributed by atoms with Crippen LogP contribution < -0.4 is 5.32 Å². The SMILES string of the molecule is Cc1cc2ncc(C(C)NC(CO)c3ccco3)c(C)n2n1. The zero-order valence-electron chi connectivity index (χ0n) is 12.9. The summed E-state index contributed by atoms with van der Waals surface area (Å²) in [6, 6.07) is 5.37. The van der Waals surface area contributed by atoms with Crippen LogP contribution in [0.25, 0.3) is 5.65 Å². The van der Waals surface area contributed by atoms with Gasteiger partial charge >= 0.3 is 0 Å². The van der Waals surface area contributed by atoms with Crippen molar-refractivity contribution >= 4 is 5.65 Å². The fraction of sp³-hybridized carbons (Fsp3) is 0.375. The minimum Gasteiger partial charge on any atom is -0.468 e. The van der Waals surface area contributed by atoms with E-state index in [2.05, 4.69) is 15.4 Å². The minimum atomic E-state index is -0.251. The molecule has 6 nitrogen and oxygen atoms in total. The van der Waals surface area contributed by atoms with Gasteiger partial charge in [0.25, 0.3) is 0 Å². The number of aryl methyl sites for hydroxylation is 2. The molecule has 0 aliphatic heterocycles. The van der Waals surface area contributed by atoms with Crippen LogP contribution in [0.2, 0.25) is 0 Å². The van der Waals surface area contributed by atoms with Crippen LogP contribution in [0, 0.1) is 13.8 Å². The van der Waals surface area contributed by atoms with Crippen molar-refractivity contribution in [3.05, 3.63) is 53.4 Å². The first-order valence-electron chi connectivity index (χ1n) is 7.32. The minimum absolute atomic E-state index is 0.00339. The Labute approximate surface area is 128 Å². The summed E-state index contributed by atoms with van der Waals surface area (Å²) in [5, 5.41) is 17.4. The number of furan rings is 1. The molecule has 22 heavy (non-hydrogen) atoms. The van der Waals surface area contributed by atoms with Crippen LogP contribution >= 0.6 is 0 Å². The Bertz CT molecular complexity index is 764. The summed E-state index contributed by atoms with van der Waals surface area (Å²) >= 11 is 0. The molecule has 3 heterocycles. The lowest BCUT2D eigenvalue weighted by Crippen LogP contribution is -2.28. The molecule has 0 bridgehead atoms. The third-order valence-electron chi connectivity index (χ3n) is 3.87. The van der Waals surface area contributed by atoms with E-state index < -0.39 is 0 Å². The summed E-state index contributed by atoms with van der Waals surface area (Å²) in [6.07, 6.45) is 3.47. The number of hydrogen-bond acceptors (Lipinski definition) is 5. The molecule has 2 unspecified atom stereocenters. The second-order valence-corrected chi connectivity index (χ2v) is 5.49. The first-order valence-corrected chi connectivity index (χ1v) is 7.32. The van der Waals surface area contributed by atoms with Crippen molar-refractivity contribution in [1.82, 2.24) is 19.9 Å². The molecular weight excluding hydrogens is 280 g/mol. The summed E-state index contributed by atoms with van der Waals surface area (Å²) in [6.45, 7) is 5.98. The molecule has 116 valence electrons. The molecule has 3 rings (SSSR count). The van der Waals surface area contributed by atoms with Crippen LogP contribution in [0.1, 0.15) is 41.7 Å². The number of nitrogens with zero attached hydrogens (tertiary/aromatic N) is 3. The summed E-state index contributed by atoms with van der Waals surface area (Å²) in [5.41, 5.74) is 3.86. The molecule has 0 aromatic carbocycles. The van der Waals surface area contributed by atoms with Gasteiger partial charge in [-0.3, -0.25) is 5.32 Å². The highest BCUT2D eigenvalue weighted by Crippen LogP contribution is 2.22. The quantitative estimate of drug-likeness (QED) is 0.756. The second-order valence-electron chi connectivity index (χ2n) is 5.49. The Kier molecular flexibility index (Phi) is 3.96. The topological polar surface area (TPSA) is 75.6 Å².